The Balaban J connectivity index is 1.66. The number of nitrogens with zero attached hydrogens (tertiary/aromatic N) is 3. The Bertz CT molecular complexity index is 893. The summed E-state index contributed by atoms with van der Waals surface area (Å²) < 4.78 is 13.6. The fourth-order valence-electron chi connectivity index (χ4n) is 2.65. The molecule has 5 nitrogen and oxygen atoms in total. The van der Waals surface area contributed by atoms with E-state index in [1.807, 2.05) is 32.0 Å². The lowest BCUT2D eigenvalue weighted by molar-refractivity contribution is 0.610. The van der Waals surface area contributed by atoms with Gasteiger partial charge in [0.2, 0.25) is 5.95 Å². The summed E-state index contributed by atoms with van der Waals surface area (Å²) in [5.41, 5.74) is 3.49. The van der Waals surface area contributed by atoms with Gasteiger partial charge in [-0.05, 0) is 49.1 Å². The normalized spacial score (nSPS) is 10.6. The topological polar surface area (TPSA) is 62.7 Å². The van der Waals surface area contributed by atoms with E-state index in [2.05, 4.69) is 25.8 Å². The lowest BCUT2D eigenvalue weighted by Gasteiger charge is -2.12. The average molecular weight is 372 g/mol. The van der Waals surface area contributed by atoms with Crippen LogP contribution in [0.15, 0.2) is 42.6 Å². The molecule has 0 aliphatic carbocycles. The molecule has 0 atom stereocenters. The van der Waals surface area contributed by atoms with Gasteiger partial charge in [0.25, 0.3) is 0 Å². The van der Waals surface area contributed by atoms with Gasteiger partial charge in [0.15, 0.2) is 5.82 Å². The van der Waals surface area contributed by atoms with Crippen molar-refractivity contribution in [3.63, 3.8) is 0 Å². The van der Waals surface area contributed by atoms with E-state index in [0.29, 0.717) is 35.3 Å². The molecule has 0 saturated carbocycles. The van der Waals surface area contributed by atoms with E-state index < -0.39 is 0 Å². The van der Waals surface area contributed by atoms with Gasteiger partial charge < -0.3 is 10.6 Å². The molecule has 2 aromatic carbocycles. The maximum absolute atomic E-state index is 13.6. The Morgan fingerprint density at radius 2 is 1.96 bits per heavy atom. The number of hydrogen-bond acceptors (Lipinski definition) is 5. The number of rotatable bonds is 6. The number of aromatic nitrogens is 3. The SMILES string of the molecule is Cc1cc(C)c(Nc2nncc(NCCc3ccccc3F)n2)c(Cl)c1. The first kappa shape index (κ1) is 18.1. The van der Waals surface area contributed by atoms with Crippen LogP contribution in [0.5, 0.6) is 0 Å². The van der Waals surface area contributed by atoms with Crippen molar-refractivity contribution >= 4 is 29.1 Å². The van der Waals surface area contributed by atoms with Gasteiger partial charge in [-0.3, -0.25) is 0 Å². The van der Waals surface area contributed by atoms with Crippen LogP contribution in [0.1, 0.15) is 16.7 Å². The van der Waals surface area contributed by atoms with Crippen LogP contribution in [0.4, 0.5) is 21.8 Å². The summed E-state index contributed by atoms with van der Waals surface area (Å²) >= 11 is 6.30. The quantitative estimate of drug-likeness (QED) is 0.658. The molecule has 0 fully saturated rings. The van der Waals surface area contributed by atoms with Gasteiger partial charge in [-0.25, -0.2) is 4.39 Å². The molecule has 0 amide bonds. The Morgan fingerprint density at radius 3 is 2.73 bits per heavy atom. The zero-order chi connectivity index (χ0) is 18.5. The Hall–Kier alpha value is -2.73. The minimum absolute atomic E-state index is 0.207. The smallest absolute Gasteiger partial charge is 0.249 e. The van der Waals surface area contributed by atoms with Crippen LogP contribution < -0.4 is 10.6 Å². The third-order valence-corrected chi connectivity index (χ3v) is 4.18. The van der Waals surface area contributed by atoms with E-state index in [4.69, 9.17) is 11.6 Å². The summed E-state index contributed by atoms with van der Waals surface area (Å²) in [6.07, 6.45) is 2.07. The fourth-order valence-corrected chi connectivity index (χ4v) is 3.02. The van der Waals surface area contributed by atoms with Crippen molar-refractivity contribution in [3.05, 3.63) is 70.1 Å². The van der Waals surface area contributed by atoms with Crippen molar-refractivity contribution in [2.75, 3.05) is 17.2 Å². The molecule has 1 heterocycles. The Kier molecular flexibility index (Phi) is 5.63. The molecule has 0 spiro atoms. The van der Waals surface area contributed by atoms with Crippen LogP contribution >= 0.6 is 11.6 Å². The maximum atomic E-state index is 13.6. The molecule has 0 bridgehead atoms. The molecule has 2 N–H and O–H groups in total. The Labute approximate surface area is 156 Å². The average Bonchev–Trinajstić information content (AvgIpc) is 2.60. The van der Waals surface area contributed by atoms with Gasteiger partial charge in [0, 0.05) is 6.54 Å². The molecule has 0 aliphatic rings. The Morgan fingerprint density at radius 1 is 1.15 bits per heavy atom. The number of halogens is 2. The van der Waals surface area contributed by atoms with Crippen LogP contribution in [-0.2, 0) is 6.42 Å². The van der Waals surface area contributed by atoms with Crippen molar-refractivity contribution in [2.24, 2.45) is 0 Å². The van der Waals surface area contributed by atoms with Gasteiger partial charge in [-0.15, -0.1) is 5.10 Å². The minimum Gasteiger partial charge on any atom is -0.368 e. The first-order valence-corrected chi connectivity index (χ1v) is 8.61. The molecule has 0 saturated heterocycles. The molecule has 134 valence electrons. The highest BCUT2D eigenvalue weighted by Gasteiger charge is 2.08. The third kappa shape index (κ3) is 4.46. The summed E-state index contributed by atoms with van der Waals surface area (Å²) in [7, 11) is 0. The fraction of sp³-hybridized carbons (Fsp3) is 0.211. The number of hydrogen-bond donors (Lipinski definition) is 2. The molecular formula is C19H19ClFN5. The second-order valence-electron chi connectivity index (χ2n) is 6.00. The molecule has 0 radical (unpaired) electrons. The van der Waals surface area contributed by atoms with Crippen molar-refractivity contribution < 1.29 is 4.39 Å². The van der Waals surface area contributed by atoms with Crippen molar-refractivity contribution in [3.8, 4) is 0 Å². The first-order valence-electron chi connectivity index (χ1n) is 8.23. The van der Waals surface area contributed by atoms with Gasteiger partial charge in [0.05, 0.1) is 16.9 Å². The molecule has 0 aliphatic heterocycles. The summed E-state index contributed by atoms with van der Waals surface area (Å²) in [6.45, 7) is 4.48. The van der Waals surface area contributed by atoms with Gasteiger partial charge in [0.1, 0.15) is 5.82 Å². The van der Waals surface area contributed by atoms with Gasteiger partial charge in [-0.2, -0.15) is 10.1 Å². The van der Waals surface area contributed by atoms with Crippen molar-refractivity contribution in [2.45, 2.75) is 20.3 Å². The second kappa shape index (κ2) is 8.10. The van der Waals surface area contributed by atoms with E-state index in [1.54, 1.807) is 12.1 Å². The van der Waals surface area contributed by atoms with E-state index >= 15 is 0 Å². The summed E-state index contributed by atoms with van der Waals surface area (Å²) in [6, 6.07) is 10.6. The largest absolute Gasteiger partial charge is 0.368 e. The van der Waals surface area contributed by atoms with Crippen LogP contribution in [0, 0.1) is 19.7 Å². The third-order valence-electron chi connectivity index (χ3n) is 3.89. The van der Waals surface area contributed by atoms with Crippen molar-refractivity contribution in [1.29, 1.82) is 0 Å². The van der Waals surface area contributed by atoms with E-state index in [-0.39, 0.29) is 5.82 Å². The zero-order valence-electron chi connectivity index (χ0n) is 14.6. The molecular weight excluding hydrogens is 353 g/mol. The highest BCUT2D eigenvalue weighted by atomic mass is 35.5. The van der Waals surface area contributed by atoms with Crippen LogP contribution in [0.25, 0.3) is 0 Å². The highest BCUT2D eigenvalue weighted by molar-refractivity contribution is 6.33. The second-order valence-corrected chi connectivity index (χ2v) is 6.40. The number of nitrogens with one attached hydrogen (secondary N) is 2. The maximum Gasteiger partial charge on any atom is 0.249 e. The molecule has 1 aromatic heterocycles. The van der Waals surface area contributed by atoms with E-state index in [0.717, 1.165) is 16.8 Å². The minimum atomic E-state index is -0.207. The van der Waals surface area contributed by atoms with Crippen LogP contribution in [0.2, 0.25) is 5.02 Å². The number of anilines is 3. The van der Waals surface area contributed by atoms with E-state index in [1.165, 1.54) is 12.3 Å². The first-order chi connectivity index (χ1) is 12.5. The molecule has 26 heavy (non-hydrogen) atoms. The predicted molar refractivity (Wildman–Crippen MR) is 103 cm³/mol. The van der Waals surface area contributed by atoms with Gasteiger partial charge >= 0.3 is 0 Å². The van der Waals surface area contributed by atoms with Crippen LogP contribution in [0.3, 0.4) is 0 Å². The monoisotopic (exact) mass is 371 g/mol. The zero-order valence-corrected chi connectivity index (χ0v) is 15.3. The predicted octanol–water partition coefficient (Wildman–Crippen LogP) is 4.68. The lowest BCUT2D eigenvalue weighted by atomic mass is 10.1. The van der Waals surface area contributed by atoms with E-state index in [9.17, 15) is 4.39 Å². The summed E-state index contributed by atoms with van der Waals surface area (Å²) in [5, 5.41) is 14.8. The van der Waals surface area contributed by atoms with Crippen LogP contribution in [-0.4, -0.2) is 21.7 Å². The highest BCUT2D eigenvalue weighted by Crippen LogP contribution is 2.29. The lowest BCUT2D eigenvalue weighted by Crippen LogP contribution is -2.09. The standard InChI is InChI=1S/C19H19ClFN5/c1-12-9-13(2)18(15(20)10-12)25-19-24-17(11-23-26-19)22-8-7-14-5-3-4-6-16(14)21/h3-6,9-11H,7-8H2,1-2H3,(H2,22,24,25,26). The molecule has 3 rings (SSSR count). The molecule has 7 heteroatoms. The number of benzene rings is 2. The molecule has 3 aromatic rings. The molecule has 0 unspecified atom stereocenters. The summed E-state index contributed by atoms with van der Waals surface area (Å²) in [4.78, 5) is 4.38. The van der Waals surface area contributed by atoms with Crippen molar-refractivity contribution in [1.82, 2.24) is 15.2 Å². The number of aryl methyl sites for hydroxylation is 2. The van der Waals surface area contributed by atoms with Gasteiger partial charge in [-0.1, -0.05) is 35.9 Å². The summed E-state index contributed by atoms with van der Waals surface area (Å²) in [5.74, 6) is 0.691.